The third-order valence-electron chi connectivity index (χ3n) is 5.85. The van der Waals surface area contributed by atoms with Crippen LogP contribution in [0.4, 0.5) is 4.39 Å². The maximum Gasteiger partial charge on any atom is 0.253 e. The summed E-state index contributed by atoms with van der Waals surface area (Å²) < 4.78 is 13.1. The van der Waals surface area contributed by atoms with Gasteiger partial charge in [0.15, 0.2) is 0 Å². The van der Waals surface area contributed by atoms with Gasteiger partial charge >= 0.3 is 0 Å². The van der Waals surface area contributed by atoms with E-state index in [0.717, 1.165) is 39.0 Å². The van der Waals surface area contributed by atoms with Crippen molar-refractivity contribution < 1.29 is 14.0 Å². The number of hydrogen-bond donors (Lipinski definition) is 1. The number of nitrogens with one attached hydrogen (secondary N) is 1. The van der Waals surface area contributed by atoms with Crippen LogP contribution >= 0.6 is 12.4 Å². The average molecular weight is 382 g/mol. The second kappa shape index (κ2) is 7.92. The van der Waals surface area contributed by atoms with Crippen molar-refractivity contribution in [3.63, 3.8) is 0 Å². The fraction of sp³-hybridized carbons (Fsp3) is 0.579. The zero-order valence-corrected chi connectivity index (χ0v) is 15.5. The first-order valence-corrected chi connectivity index (χ1v) is 9.16. The van der Waals surface area contributed by atoms with Crippen LogP contribution < -0.4 is 5.32 Å². The molecular weight excluding hydrogens is 357 g/mol. The first-order chi connectivity index (χ1) is 12.1. The van der Waals surface area contributed by atoms with E-state index in [1.807, 2.05) is 4.90 Å². The molecule has 1 aromatic rings. The van der Waals surface area contributed by atoms with Crippen LogP contribution in [-0.4, -0.2) is 60.9 Å². The van der Waals surface area contributed by atoms with Crippen LogP contribution in [0.25, 0.3) is 0 Å². The Balaban J connectivity index is 0.00000196. The minimum absolute atomic E-state index is 0. The minimum Gasteiger partial charge on any atom is -0.342 e. The van der Waals surface area contributed by atoms with Gasteiger partial charge in [-0.1, -0.05) is 0 Å². The van der Waals surface area contributed by atoms with Gasteiger partial charge in [0.25, 0.3) is 5.91 Å². The molecule has 1 unspecified atom stereocenters. The van der Waals surface area contributed by atoms with Crippen LogP contribution in [0.15, 0.2) is 24.3 Å². The van der Waals surface area contributed by atoms with Crippen molar-refractivity contribution in [2.24, 2.45) is 17.8 Å². The number of amides is 2. The average Bonchev–Trinajstić information content (AvgIpc) is 3.23. The standard InChI is InChI=1S/C19H24FN3O2.ClH/c20-17-5-3-13(4-6-17)18(24)22-7-1-2-14(10-22)19(25)23-11-15-8-21-9-16(15)12-23;/h3-6,14-16,21H,1-2,7-12H2;1H/t14?,15-,16+;. The van der Waals surface area contributed by atoms with E-state index in [4.69, 9.17) is 0 Å². The van der Waals surface area contributed by atoms with Crippen molar-refractivity contribution in [1.82, 2.24) is 15.1 Å². The number of fused-ring (bicyclic) bond motifs is 1. The van der Waals surface area contributed by atoms with E-state index in [1.165, 1.54) is 24.3 Å². The maximum atomic E-state index is 13.1. The molecule has 0 radical (unpaired) electrons. The summed E-state index contributed by atoms with van der Waals surface area (Å²) in [6.07, 6.45) is 1.68. The monoisotopic (exact) mass is 381 g/mol. The second-order valence-corrected chi connectivity index (χ2v) is 7.52. The fourth-order valence-corrected chi connectivity index (χ4v) is 4.43. The molecule has 0 saturated carbocycles. The number of likely N-dealkylation sites (tertiary alicyclic amines) is 2. The molecular formula is C19H25ClFN3O2. The van der Waals surface area contributed by atoms with Crippen molar-refractivity contribution in [2.75, 3.05) is 39.3 Å². The van der Waals surface area contributed by atoms with Gasteiger partial charge in [0.05, 0.1) is 5.92 Å². The molecule has 3 aliphatic heterocycles. The Morgan fingerprint density at radius 2 is 1.65 bits per heavy atom. The molecule has 3 aliphatic rings. The summed E-state index contributed by atoms with van der Waals surface area (Å²) in [5.41, 5.74) is 0.483. The molecule has 3 saturated heterocycles. The van der Waals surface area contributed by atoms with Gasteiger partial charge in [-0.2, -0.15) is 0 Å². The molecule has 26 heavy (non-hydrogen) atoms. The van der Waals surface area contributed by atoms with Gasteiger partial charge in [-0.25, -0.2) is 4.39 Å². The third-order valence-corrected chi connectivity index (χ3v) is 5.85. The normalized spacial score (nSPS) is 27.8. The largest absolute Gasteiger partial charge is 0.342 e. The topological polar surface area (TPSA) is 52.7 Å². The van der Waals surface area contributed by atoms with Crippen LogP contribution in [-0.2, 0) is 4.79 Å². The van der Waals surface area contributed by atoms with Crippen molar-refractivity contribution in [3.05, 3.63) is 35.6 Å². The molecule has 1 aromatic carbocycles. The SMILES string of the molecule is Cl.O=C(c1ccc(F)cc1)N1CCCC(C(=O)N2C[C@H]3CNC[C@H]3C2)C1. The minimum atomic E-state index is -0.350. The van der Waals surface area contributed by atoms with Gasteiger partial charge in [-0.05, 0) is 48.9 Å². The lowest BCUT2D eigenvalue weighted by Gasteiger charge is -2.34. The van der Waals surface area contributed by atoms with Crippen molar-refractivity contribution >= 4 is 24.2 Å². The number of hydrogen-bond acceptors (Lipinski definition) is 3. The van der Waals surface area contributed by atoms with Gasteiger partial charge in [0, 0.05) is 44.8 Å². The Hall–Kier alpha value is -1.66. The third kappa shape index (κ3) is 3.71. The van der Waals surface area contributed by atoms with Crippen LogP contribution in [0.1, 0.15) is 23.2 Å². The number of halogens is 2. The molecule has 0 aliphatic carbocycles. The number of carbonyl (C=O) groups is 2. The van der Waals surface area contributed by atoms with E-state index >= 15 is 0 Å². The quantitative estimate of drug-likeness (QED) is 0.849. The van der Waals surface area contributed by atoms with Crippen molar-refractivity contribution in [1.29, 1.82) is 0 Å². The summed E-state index contributed by atoms with van der Waals surface area (Å²) in [5.74, 6) is 0.808. The molecule has 1 N–H and O–H groups in total. The van der Waals surface area contributed by atoms with Gasteiger partial charge in [0.1, 0.15) is 5.82 Å². The van der Waals surface area contributed by atoms with Crippen LogP contribution in [0.2, 0.25) is 0 Å². The highest BCUT2D eigenvalue weighted by molar-refractivity contribution is 5.94. The predicted octanol–water partition coefficient (Wildman–Crippen LogP) is 1.78. The lowest BCUT2D eigenvalue weighted by molar-refractivity contribution is -0.136. The molecule has 142 valence electrons. The first kappa shape index (κ1) is 19.1. The Kier molecular flexibility index (Phi) is 5.82. The molecule has 0 spiro atoms. The summed E-state index contributed by atoms with van der Waals surface area (Å²) in [6, 6.07) is 5.63. The number of carbonyl (C=O) groups excluding carboxylic acids is 2. The first-order valence-electron chi connectivity index (χ1n) is 9.16. The second-order valence-electron chi connectivity index (χ2n) is 7.52. The number of piperidine rings is 1. The highest BCUT2D eigenvalue weighted by atomic mass is 35.5. The van der Waals surface area contributed by atoms with Crippen molar-refractivity contribution in [2.45, 2.75) is 12.8 Å². The molecule has 7 heteroatoms. The molecule has 3 fully saturated rings. The van der Waals surface area contributed by atoms with Gasteiger partial charge in [0.2, 0.25) is 5.91 Å². The zero-order valence-electron chi connectivity index (χ0n) is 14.7. The summed E-state index contributed by atoms with van der Waals surface area (Å²) in [6.45, 7) is 4.84. The molecule has 0 bridgehead atoms. The van der Waals surface area contributed by atoms with E-state index in [9.17, 15) is 14.0 Å². The predicted molar refractivity (Wildman–Crippen MR) is 98.7 cm³/mol. The number of rotatable bonds is 2. The van der Waals surface area contributed by atoms with Crippen LogP contribution in [0.3, 0.4) is 0 Å². The molecule has 2 amide bonds. The highest BCUT2D eigenvalue weighted by Crippen LogP contribution is 2.29. The molecule has 4 rings (SSSR count). The Labute approximate surface area is 159 Å². The van der Waals surface area contributed by atoms with Gasteiger partial charge < -0.3 is 15.1 Å². The molecule has 5 nitrogen and oxygen atoms in total. The summed E-state index contributed by atoms with van der Waals surface area (Å²) in [5, 5.41) is 3.39. The van der Waals surface area contributed by atoms with Crippen LogP contribution in [0, 0.1) is 23.6 Å². The lowest BCUT2D eigenvalue weighted by atomic mass is 9.96. The van der Waals surface area contributed by atoms with E-state index in [-0.39, 0.29) is 36.0 Å². The fourth-order valence-electron chi connectivity index (χ4n) is 4.43. The van der Waals surface area contributed by atoms with E-state index in [1.54, 1.807) is 4.90 Å². The number of nitrogens with zero attached hydrogens (tertiary/aromatic N) is 2. The van der Waals surface area contributed by atoms with E-state index < -0.39 is 0 Å². The molecule has 0 aromatic heterocycles. The van der Waals surface area contributed by atoms with Crippen molar-refractivity contribution in [3.8, 4) is 0 Å². The van der Waals surface area contributed by atoms with E-state index in [2.05, 4.69) is 5.32 Å². The Morgan fingerprint density at radius 1 is 1.00 bits per heavy atom. The highest BCUT2D eigenvalue weighted by Gasteiger charge is 2.40. The van der Waals surface area contributed by atoms with Gasteiger partial charge in [-0.15, -0.1) is 12.4 Å². The van der Waals surface area contributed by atoms with E-state index in [0.29, 0.717) is 30.5 Å². The summed E-state index contributed by atoms with van der Waals surface area (Å²) in [4.78, 5) is 29.3. The van der Waals surface area contributed by atoms with Crippen LogP contribution in [0.5, 0.6) is 0 Å². The summed E-state index contributed by atoms with van der Waals surface area (Å²) in [7, 11) is 0. The maximum absolute atomic E-state index is 13.1. The lowest BCUT2D eigenvalue weighted by Crippen LogP contribution is -2.46. The van der Waals surface area contributed by atoms with Gasteiger partial charge in [-0.3, -0.25) is 9.59 Å². The smallest absolute Gasteiger partial charge is 0.253 e. The Bertz CT molecular complexity index is 657. The molecule has 3 heterocycles. The molecule has 3 atom stereocenters. The summed E-state index contributed by atoms with van der Waals surface area (Å²) >= 11 is 0. The Morgan fingerprint density at radius 3 is 2.31 bits per heavy atom. The zero-order chi connectivity index (χ0) is 17.4. The number of benzene rings is 1.